The molecule has 1 aliphatic rings. The lowest BCUT2D eigenvalue weighted by atomic mass is 10.0. The summed E-state index contributed by atoms with van der Waals surface area (Å²) in [5.41, 5.74) is 0. The molecule has 0 saturated carbocycles. The van der Waals surface area contributed by atoms with Crippen molar-refractivity contribution in [3.63, 3.8) is 0 Å². The van der Waals surface area contributed by atoms with Crippen LogP contribution in [0.2, 0.25) is 0 Å². The second kappa shape index (κ2) is 5.82. The summed E-state index contributed by atoms with van der Waals surface area (Å²) in [6, 6.07) is 0.120. The number of aromatic nitrogens is 2. The second-order valence-electron chi connectivity index (χ2n) is 4.67. The van der Waals surface area contributed by atoms with E-state index < -0.39 is 0 Å². The van der Waals surface area contributed by atoms with Gasteiger partial charge in [0.2, 0.25) is 5.91 Å². The standard InChI is InChI=1S/C12H20N4O/c1-10(8-16-7-6-13-9-16)15-12(17)11-4-2-3-5-14-11/h6-7,9-11,14H,2-5,8H2,1H3,(H,15,17)/t10?,11-/m0/s1. The Kier molecular flexibility index (Phi) is 4.14. The minimum atomic E-state index is -0.00557. The fraction of sp³-hybridized carbons (Fsp3) is 0.667. The van der Waals surface area contributed by atoms with Gasteiger partial charge in [-0.15, -0.1) is 0 Å². The van der Waals surface area contributed by atoms with Crippen molar-refractivity contribution in [3.05, 3.63) is 18.7 Å². The highest BCUT2D eigenvalue weighted by Crippen LogP contribution is 2.07. The number of carbonyl (C=O) groups excluding carboxylic acids is 1. The molecule has 2 atom stereocenters. The van der Waals surface area contributed by atoms with E-state index in [1.807, 2.05) is 17.7 Å². The fourth-order valence-corrected chi connectivity index (χ4v) is 2.18. The van der Waals surface area contributed by atoms with Gasteiger partial charge in [-0.3, -0.25) is 4.79 Å². The van der Waals surface area contributed by atoms with Gasteiger partial charge in [0.1, 0.15) is 0 Å². The zero-order valence-corrected chi connectivity index (χ0v) is 10.2. The van der Waals surface area contributed by atoms with Crippen molar-refractivity contribution < 1.29 is 4.79 Å². The Labute approximate surface area is 102 Å². The van der Waals surface area contributed by atoms with Crippen LogP contribution in [0, 0.1) is 0 Å². The van der Waals surface area contributed by atoms with Gasteiger partial charge < -0.3 is 15.2 Å². The smallest absolute Gasteiger partial charge is 0.237 e. The van der Waals surface area contributed by atoms with E-state index in [1.165, 1.54) is 6.42 Å². The van der Waals surface area contributed by atoms with Crippen LogP contribution in [0.25, 0.3) is 0 Å². The number of rotatable bonds is 4. The molecule has 17 heavy (non-hydrogen) atoms. The highest BCUT2D eigenvalue weighted by molar-refractivity contribution is 5.82. The second-order valence-corrected chi connectivity index (χ2v) is 4.67. The van der Waals surface area contributed by atoms with Crippen LogP contribution < -0.4 is 10.6 Å². The molecular weight excluding hydrogens is 216 g/mol. The molecule has 2 N–H and O–H groups in total. The van der Waals surface area contributed by atoms with Crippen molar-refractivity contribution in [2.45, 2.75) is 44.8 Å². The third-order valence-electron chi connectivity index (χ3n) is 3.06. The van der Waals surface area contributed by atoms with Gasteiger partial charge in [-0.1, -0.05) is 6.42 Å². The summed E-state index contributed by atoms with van der Waals surface area (Å²) >= 11 is 0. The Balaban J connectivity index is 1.77. The molecule has 0 spiro atoms. The normalized spacial score (nSPS) is 22.1. The summed E-state index contributed by atoms with van der Waals surface area (Å²) < 4.78 is 1.97. The van der Waals surface area contributed by atoms with Crippen LogP contribution in [0.3, 0.4) is 0 Å². The Bertz CT molecular complexity index is 343. The lowest BCUT2D eigenvalue weighted by molar-refractivity contribution is -0.124. The predicted molar refractivity (Wildman–Crippen MR) is 65.5 cm³/mol. The minimum absolute atomic E-state index is 0.00557. The number of imidazole rings is 1. The lowest BCUT2D eigenvalue weighted by Gasteiger charge is -2.24. The van der Waals surface area contributed by atoms with Crippen molar-refractivity contribution in [2.24, 2.45) is 0 Å². The maximum absolute atomic E-state index is 11.9. The molecule has 1 aliphatic heterocycles. The number of hydrogen-bond donors (Lipinski definition) is 2. The number of amides is 1. The molecule has 1 fully saturated rings. The average molecular weight is 236 g/mol. The predicted octanol–water partition coefficient (Wildman–Crippen LogP) is 0.530. The zero-order valence-electron chi connectivity index (χ0n) is 10.2. The van der Waals surface area contributed by atoms with Crippen LogP contribution in [0.4, 0.5) is 0 Å². The number of piperidine rings is 1. The summed E-state index contributed by atoms with van der Waals surface area (Å²) in [4.78, 5) is 15.9. The monoisotopic (exact) mass is 236 g/mol. The van der Waals surface area contributed by atoms with E-state index in [0.29, 0.717) is 0 Å². The van der Waals surface area contributed by atoms with E-state index in [9.17, 15) is 4.79 Å². The highest BCUT2D eigenvalue weighted by atomic mass is 16.2. The van der Waals surface area contributed by atoms with Crippen LogP contribution in [-0.4, -0.2) is 34.1 Å². The fourth-order valence-electron chi connectivity index (χ4n) is 2.18. The maximum Gasteiger partial charge on any atom is 0.237 e. The van der Waals surface area contributed by atoms with Crippen LogP contribution in [0.15, 0.2) is 18.7 Å². The third-order valence-corrected chi connectivity index (χ3v) is 3.06. The Morgan fingerprint density at radius 1 is 1.65 bits per heavy atom. The molecule has 1 saturated heterocycles. The van der Waals surface area contributed by atoms with Gasteiger partial charge in [-0.2, -0.15) is 0 Å². The molecule has 1 aromatic heterocycles. The van der Waals surface area contributed by atoms with E-state index in [1.54, 1.807) is 12.5 Å². The van der Waals surface area contributed by atoms with Gasteiger partial charge in [0.25, 0.3) is 0 Å². The van der Waals surface area contributed by atoms with Gasteiger partial charge in [-0.25, -0.2) is 4.98 Å². The minimum Gasteiger partial charge on any atom is -0.350 e. The maximum atomic E-state index is 11.9. The van der Waals surface area contributed by atoms with Gasteiger partial charge in [0, 0.05) is 25.0 Å². The summed E-state index contributed by atoms with van der Waals surface area (Å²) in [6.07, 6.45) is 8.68. The van der Waals surface area contributed by atoms with Crippen molar-refractivity contribution in [2.75, 3.05) is 6.54 Å². The highest BCUT2D eigenvalue weighted by Gasteiger charge is 2.21. The molecule has 5 heteroatoms. The Hall–Kier alpha value is -1.36. The molecule has 0 aliphatic carbocycles. The van der Waals surface area contributed by atoms with Crippen molar-refractivity contribution in [3.8, 4) is 0 Å². The molecule has 1 amide bonds. The third kappa shape index (κ3) is 3.56. The molecule has 1 aromatic rings. The number of nitrogens with zero attached hydrogens (tertiary/aromatic N) is 2. The summed E-state index contributed by atoms with van der Waals surface area (Å²) in [5, 5.41) is 6.29. The number of hydrogen-bond acceptors (Lipinski definition) is 3. The van der Waals surface area contributed by atoms with Crippen LogP contribution in [0.1, 0.15) is 26.2 Å². The first-order valence-corrected chi connectivity index (χ1v) is 6.25. The molecule has 2 heterocycles. The summed E-state index contributed by atoms with van der Waals surface area (Å²) in [7, 11) is 0. The Morgan fingerprint density at radius 3 is 3.18 bits per heavy atom. The molecule has 0 bridgehead atoms. The largest absolute Gasteiger partial charge is 0.350 e. The van der Waals surface area contributed by atoms with Gasteiger partial charge >= 0.3 is 0 Å². The number of nitrogens with one attached hydrogen (secondary N) is 2. The molecule has 5 nitrogen and oxygen atoms in total. The first-order valence-electron chi connectivity index (χ1n) is 6.25. The zero-order chi connectivity index (χ0) is 12.1. The molecule has 2 rings (SSSR count). The van der Waals surface area contributed by atoms with E-state index in [2.05, 4.69) is 15.6 Å². The first kappa shape index (κ1) is 12.1. The topological polar surface area (TPSA) is 59.0 Å². The van der Waals surface area contributed by atoms with Crippen molar-refractivity contribution in [1.29, 1.82) is 0 Å². The van der Waals surface area contributed by atoms with Gasteiger partial charge in [0.05, 0.1) is 12.4 Å². The molecule has 1 unspecified atom stereocenters. The lowest BCUT2D eigenvalue weighted by Crippen LogP contribution is -2.49. The first-order chi connectivity index (χ1) is 8.25. The van der Waals surface area contributed by atoms with E-state index in [4.69, 9.17) is 0 Å². The number of carbonyl (C=O) groups is 1. The van der Waals surface area contributed by atoms with E-state index in [-0.39, 0.29) is 18.0 Å². The van der Waals surface area contributed by atoms with Crippen molar-refractivity contribution in [1.82, 2.24) is 20.2 Å². The van der Waals surface area contributed by atoms with Crippen molar-refractivity contribution >= 4 is 5.91 Å². The van der Waals surface area contributed by atoms with E-state index >= 15 is 0 Å². The van der Waals surface area contributed by atoms with Crippen LogP contribution in [0.5, 0.6) is 0 Å². The summed E-state index contributed by atoms with van der Waals surface area (Å²) in [6.45, 7) is 3.73. The average Bonchev–Trinajstić information content (AvgIpc) is 2.82. The van der Waals surface area contributed by atoms with Crippen LogP contribution >= 0.6 is 0 Å². The SMILES string of the molecule is CC(Cn1ccnc1)NC(=O)[C@@H]1CCCCN1. The van der Waals surface area contributed by atoms with Gasteiger partial charge in [-0.05, 0) is 26.3 Å². The van der Waals surface area contributed by atoms with E-state index in [0.717, 1.165) is 25.9 Å². The molecule has 94 valence electrons. The van der Waals surface area contributed by atoms with Gasteiger partial charge in [0.15, 0.2) is 0 Å². The molecule has 0 radical (unpaired) electrons. The molecule has 0 aromatic carbocycles. The summed E-state index contributed by atoms with van der Waals surface area (Å²) in [5.74, 6) is 0.123. The molecular formula is C12H20N4O. The quantitative estimate of drug-likeness (QED) is 0.801. The van der Waals surface area contributed by atoms with Crippen LogP contribution in [-0.2, 0) is 11.3 Å². The Morgan fingerprint density at radius 2 is 2.53 bits per heavy atom.